The van der Waals surface area contributed by atoms with E-state index in [1.165, 1.54) is 12.0 Å². The largest absolute Gasteiger partial charge is 0.381 e. The number of H-pyrrole nitrogens is 1. The van der Waals surface area contributed by atoms with Crippen molar-refractivity contribution in [3.63, 3.8) is 0 Å². The molecule has 3 atom stereocenters. The van der Waals surface area contributed by atoms with Gasteiger partial charge in [0.1, 0.15) is 5.82 Å². The molecule has 0 spiro atoms. The molecule has 9 heteroatoms. The number of aromatic amines is 1. The van der Waals surface area contributed by atoms with Gasteiger partial charge in [-0.05, 0) is 50.3 Å². The first-order valence-corrected chi connectivity index (χ1v) is 12.1. The number of hydrogen-bond acceptors (Lipinski definition) is 6. The normalized spacial score (nSPS) is 25.2. The summed E-state index contributed by atoms with van der Waals surface area (Å²) in [5.41, 5.74) is 5.93. The SMILES string of the molecule is COC1C2CC1CN(c1ccc(Cn3cc(C(=O)N[C@@H]4CCc5c4n[nH]c5C)cn3)c(C)n1)C2. The molecule has 7 rings (SSSR count). The van der Waals surface area contributed by atoms with E-state index in [-0.39, 0.29) is 11.9 Å². The third-order valence-electron chi connectivity index (χ3n) is 7.87. The molecule has 9 nitrogen and oxygen atoms in total. The minimum atomic E-state index is -0.118. The van der Waals surface area contributed by atoms with E-state index < -0.39 is 0 Å². The van der Waals surface area contributed by atoms with E-state index in [2.05, 4.69) is 37.6 Å². The molecule has 178 valence electrons. The van der Waals surface area contributed by atoms with Gasteiger partial charge in [0, 0.05) is 49.6 Å². The van der Waals surface area contributed by atoms with Crippen molar-refractivity contribution in [2.75, 3.05) is 25.1 Å². The van der Waals surface area contributed by atoms with Crippen LogP contribution in [0.3, 0.4) is 0 Å². The van der Waals surface area contributed by atoms with Gasteiger partial charge in [-0.25, -0.2) is 4.98 Å². The molecule has 0 aromatic carbocycles. The summed E-state index contributed by atoms with van der Waals surface area (Å²) in [6.07, 6.45) is 6.94. The minimum absolute atomic E-state index is 0.0465. The molecule has 3 aromatic heterocycles. The quantitative estimate of drug-likeness (QED) is 0.585. The highest BCUT2D eigenvalue weighted by Gasteiger charge is 2.47. The summed E-state index contributed by atoms with van der Waals surface area (Å²) in [5.74, 6) is 2.16. The minimum Gasteiger partial charge on any atom is -0.381 e. The van der Waals surface area contributed by atoms with Crippen LogP contribution >= 0.6 is 0 Å². The second kappa shape index (κ2) is 8.23. The average molecular weight is 462 g/mol. The lowest BCUT2D eigenvalue weighted by Gasteiger charge is -2.53. The maximum atomic E-state index is 12.8. The number of piperidine rings is 2. The van der Waals surface area contributed by atoms with Gasteiger partial charge >= 0.3 is 0 Å². The van der Waals surface area contributed by atoms with E-state index in [0.29, 0.717) is 30.0 Å². The molecule has 2 aliphatic carbocycles. The summed E-state index contributed by atoms with van der Waals surface area (Å²) < 4.78 is 7.43. The molecule has 2 saturated heterocycles. The number of aryl methyl sites for hydroxylation is 2. The number of methoxy groups -OCH3 is 1. The van der Waals surface area contributed by atoms with Crippen LogP contribution in [0.2, 0.25) is 0 Å². The number of pyridine rings is 1. The second-order valence-electron chi connectivity index (χ2n) is 9.98. The second-order valence-corrected chi connectivity index (χ2v) is 9.98. The van der Waals surface area contributed by atoms with Gasteiger partial charge in [0.2, 0.25) is 0 Å². The van der Waals surface area contributed by atoms with E-state index in [1.54, 1.807) is 17.1 Å². The molecule has 3 fully saturated rings. The molecule has 34 heavy (non-hydrogen) atoms. The van der Waals surface area contributed by atoms with Crippen molar-refractivity contribution in [2.24, 2.45) is 11.8 Å². The van der Waals surface area contributed by atoms with E-state index in [0.717, 1.165) is 54.4 Å². The lowest BCUT2D eigenvalue weighted by molar-refractivity contribution is -0.0816. The highest BCUT2D eigenvalue weighted by atomic mass is 16.5. The van der Waals surface area contributed by atoms with Crippen molar-refractivity contribution in [3.8, 4) is 0 Å². The van der Waals surface area contributed by atoms with Crippen molar-refractivity contribution in [2.45, 2.75) is 51.8 Å². The van der Waals surface area contributed by atoms with Gasteiger partial charge in [0.25, 0.3) is 5.91 Å². The number of carbonyl (C=O) groups is 1. The third-order valence-corrected chi connectivity index (χ3v) is 7.87. The molecule has 1 saturated carbocycles. The molecule has 4 aliphatic rings. The smallest absolute Gasteiger partial charge is 0.255 e. The van der Waals surface area contributed by atoms with Crippen LogP contribution in [0.1, 0.15) is 57.5 Å². The van der Waals surface area contributed by atoms with E-state index in [4.69, 9.17) is 9.72 Å². The van der Waals surface area contributed by atoms with Gasteiger partial charge in [-0.1, -0.05) is 6.07 Å². The van der Waals surface area contributed by atoms with Crippen LogP contribution in [0, 0.1) is 25.7 Å². The first-order chi connectivity index (χ1) is 16.5. The maximum absolute atomic E-state index is 12.8. The first-order valence-electron chi connectivity index (χ1n) is 12.1. The summed E-state index contributed by atoms with van der Waals surface area (Å²) in [6.45, 7) is 6.67. The lowest BCUT2D eigenvalue weighted by atomic mass is 9.68. The molecule has 5 heterocycles. The summed E-state index contributed by atoms with van der Waals surface area (Å²) in [6, 6.07) is 4.19. The molecule has 0 radical (unpaired) electrons. The number of carbonyl (C=O) groups excluding carboxylic acids is 1. The molecule has 1 amide bonds. The molecule has 3 aromatic rings. The highest BCUT2D eigenvalue weighted by molar-refractivity contribution is 5.94. The highest BCUT2D eigenvalue weighted by Crippen LogP contribution is 2.42. The van der Waals surface area contributed by atoms with Crippen LogP contribution in [-0.4, -0.2) is 57.2 Å². The van der Waals surface area contributed by atoms with Crippen LogP contribution in [-0.2, 0) is 17.7 Å². The molecular formula is C25H31N7O2. The molecule has 2 unspecified atom stereocenters. The number of fused-ring (bicyclic) bond motifs is 3. The Bertz CT molecular complexity index is 1220. The lowest BCUT2D eigenvalue weighted by Crippen LogP contribution is -2.59. The zero-order chi connectivity index (χ0) is 23.4. The molecule has 2 N–H and O–H groups in total. The van der Waals surface area contributed by atoms with Gasteiger partial charge in [-0.3, -0.25) is 14.6 Å². The molecule has 2 bridgehead atoms. The van der Waals surface area contributed by atoms with Crippen molar-refractivity contribution in [3.05, 3.63) is 58.3 Å². The number of anilines is 1. The first kappa shape index (κ1) is 21.3. The summed E-state index contributed by atoms with van der Waals surface area (Å²) >= 11 is 0. The average Bonchev–Trinajstić information content (AvgIpc) is 3.55. The Morgan fingerprint density at radius 3 is 2.85 bits per heavy atom. The predicted molar refractivity (Wildman–Crippen MR) is 127 cm³/mol. The van der Waals surface area contributed by atoms with Gasteiger partial charge in [0.15, 0.2) is 0 Å². The maximum Gasteiger partial charge on any atom is 0.255 e. The van der Waals surface area contributed by atoms with Crippen molar-refractivity contribution in [1.82, 2.24) is 30.3 Å². The number of nitrogens with one attached hydrogen (secondary N) is 2. The van der Waals surface area contributed by atoms with Crippen molar-refractivity contribution in [1.29, 1.82) is 0 Å². The Labute approximate surface area is 198 Å². The molecular weight excluding hydrogens is 430 g/mol. The van der Waals surface area contributed by atoms with Crippen molar-refractivity contribution < 1.29 is 9.53 Å². The van der Waals surface area contributed by atoms with Gasteiger partial charge in [0.05, 0.1) is 36.1 Å². The Morgan fingerprint density at radius 1 is 1.26 bits per heavy atom. The summed E-state index contributed by atoms with van der Waals surface area (Å²) in [5, 5.41) is 14.9. The van der Waals surface area contributed by atoms with Crippen LogP contribution in [0.5, 0.6) is 0 Å². The van der Waals surface area contributed by atoms with Crippen LogP contribution in [0.15, 0.2) is 24.5 Å². The Kier molecular flexibility index (Phi) is 5.17. The fourth-order valence-corrected chi connectivity index (χ4v) is 5.96. The fraction of sp³-hybridized carbons (Fsp3) is 0.520. The summed E-state index contributed by atoms with van der Waals surface area (Å²) in [7, 11) is 1.82. The van der Waals surface area contributed by atoms with Gasteiger partial charge in [-0.15, -0.1) is 0 Å². The number of hydrogen-bond donors (Lipinski definition) is 2. The zero-order valence-electron chi connectivity index (χ0n) is 19.9. The standard InChI is InChI=1S/C25H31N7O2/c1-14-16(4-7-22(27-14)31-10-17-8-18(11-31)24(17)34-3)12-32-13-19(9-26-32)25(33)28-21-6-5-20-15(2)29-30-23(20)21/h4,7,9,13,17-18,21,24H,5-6,8,10-12H2,1-3H3,(H,28,33)(H,29,30)/t17?,18?,21-,24?/m1/s1. The van der Waals surface area contributed by atoms with Crippen LogP contribution in [0.25, 0.3) is 0 Å². The molecule has 2 aliphatic heterocycles. The van der Waals surface area contributed by atoms with E-state index >= 15 is 0 Å². The monoisotopic (exact) mass is 461 g/mol. The Morgan fingerprint density at radius 2 is 2.09 bits per heavy atom. The van der Waals surface area contributed by atoms with Crippen molar-refractivity contribution >= 4 is 11.7 Å². The predicted octanol–water partition coefficient (Wildman–Crippen LogP) is 2.55. The number of rotatable bonds is 6. The van der Waals surface area contributed by atoms with E-state index in [9.17, 15) is 4.79 Å². The zero-order valence-corrected chi connectivity index (χ0v) is 19.9. The Balaban J connectivity index is 1.09. The van der Waals surface area contributed by atoms with Crippen LogP contribution < -0.4 is 10.2 Å². The summed E-state index contributed by atoms with van der Waals surface area (Å²) in [4.78, 5) is 20.1. The van der Waals surface area contributed by atoms with Crippen LogP contribution in [0.4, 0.5) is 5.82 Å². The van der Waals surface area contributed by atoms with Gasteiger partial charge in [-0.2, -0.15) is 10.2 Å². The topological polar surface area (TPSA) is 101 Å². The number of ether oxygens (including phenoxy) is 1. The van der Waals surface area contributed by atoms with E-state index in [1.807, 2.05) is 21.0 Å². The fourth-order valence-electron chi connectivity index (χ4n) is 5.96. The Hall–Kier alpha value is -3.20. The number of aromatic nitrogens is 5. The number of nitrogens with zero attached hydrogens (tertiary/aromatic N) is 5. The number of amides is 1. The third kappa shape index (κ3) is 3.58. The van der Waals surface area contributed by atoms with Gasteiger partial charge < -0.3 is 15.0 Å².